The summed E-state index contributed by atoms with van der Waals surface area (Å²) in [7, 11) is 0. The summed E-state index contributed by atoms with van der Waals surface area (Å²) in [4.78, 5) is 14.5. The minimum atomic E-state index is -0.386. The number of nitrogens with one attached hydrogen (secondary N) is 1. The molecular weight excluding hydrogens is 305 g/mol. The molecule has 4 nitrogen and oxygen atoms in total. The molecule has 1 aromatic rings. The number of rotatable bonds is 3. The molecule has 126 valence electrons. The number of benzene rings is 1. The predicted molar refractivity (Wildman–Crippen MR) is 88.8 cm³/mol. The topological polar surface area (TPSA) is 56.1 Å². The predicted octanol–water partition coefficient (Wildman–Crippen LogP) is 2.83. The Bertz CT molecular complexity index is 698. The number of anilines is 1. The van der Waals surface area contributed by atoms with Gasteiger partial charge in [-0.3, -0.25) is 4.79 Å². The zero-order chi connectivity index (χ0) is 16.7. The van der Waals surface area contributed by atoms with Gasteiger partial charge in [-0.15, -0.1) is 0 Å². The Hall–Kier alpha value is -2.09. The van der Waals surface area contributed by atoms with Crippen molar-refractivity contribution in [1.29, 1.82) is 5.26 Å². The molecule has 5 heteroatoms. The van der Waals surface area contributed by atoms with E-state index in [4.69, 9.17) is 5.26 Å². The molecule has 2 aliphatic carbocycles. The van der Waals surface area contributed by atoms with Gasteiger partial charge in [0.25, 0.3) is 0 Å². The van der Waals surface area contributed by atoms with Gasteiger partial charge in [0.05, 0.1) is 23.2 Å². The van der Waals surface area contributed by atoms with Gasteiger partial charge in [0.2, 0.25) is 5.91 Å². The van der Waals surface area contributed by atoms with Crippen LogP contribution < -0.4 is 10.2 Å². The lowest BCUT2D eigenvalue weighted by atomic mass is 9.94. The summed E-state index contributed by atoms with van der Waals surface area (Å²) in [5, 5.41) is 12.1. The van der Waals surface area contributed by atoms with E-state index < -0.39 is 0 Å². The van der Waals surface area contributed by atoms with Gasteiger partial charge < -0.3 is 10.2 Å². The van der Waals surface area contributed by atoms with E-state index in [9.17, 15) is 9.18 Å². The van der Waals surface area contributed by atoms with Crippen molar-refractivity contribution in [3.63, 3.8) is 0 Å². The highest BCUT2D eigenvalue weighted by molar-refractivity contribution is 5.80. The summed E-state index contributed by atoms with van der Waals surface area (Å²) in [5.74, 6) is 1.16. The second-order valence-corrected chi connectivity index (χ2v) is 7.50. The number of hydrogen-bond acceptors (Lipinski definition) is 3. The number of fused-ring (bicyclic) bond motifs is 2. The number of nitrogens with zero attached hydrogens (tertiary/aromatic N) is 2. The molecule has 1 amide bonds. The van der Waals surface area contributed by atoms with Crippen LogP contribution in [0.25, 0.3) is 0 Å². The summed E-state index contributed by atoms with van der Waals surface area (Å²) in [6.45, 7) is 1.23. The second-order valence-electron chi connectivity index (χ2n) is 7.50. The van der Waals surface area contributed by atoms with Gasteiger partial charge in [-0.2, -0.15) is 5.26 Å². The summed E-state index contributed by atoms with van der Waals surface area (Å²) in [6, 6.07) is 6.83. The van der Waals surface area contributed by atoms with Crippen LogP contribution in [0, 0.1) is 34.9 Å². The Morgan fingerprint density at radius 2 is 2.17 bits per heavy atom. The van der Waals surface area contributed by atoms with E-state index in [2.05, 4.69) is 5.32 Å². The third kappa shape index (κ3) is 2.75. The van der Waals surface area contributed by atoms with Crippen molar-refractivity contribution in [2.45, 2.75) is 38.1 Å². The zero-order valence-electron chi connectivity index (χ0n) is 13.7. The lowest BCUT2D eigenvalue weighted by molar-refractivity contribution is -0.125. The van der Waals surface area contributed by atoms with E-state index >= 15 is 0 Å². The molecule has 1 aromatic carbocycles. The Kier molecular flexibility index (Phi) is 3.91. The number of nitriles is 1. The Labute approximate surface area is 141 Å². The number of carbonyl (C=O) groups is 1. The van der Waals surface area contributed by atoms with E-state index in [0.29, 0.717) is 36.3 Å². The smallest absolute Gasteiger partial charge is 0.225 e. The molecule has 2 saturated carbocycles. The molecule has 4 atom stereocenters. The van der Waals surface area contributed by atoms with Crippen LogP contribution >= 0.6 is 0 Å². The highest BCUT2D eigenvalue weighted by Crippen LogP contribution is 2.44. The van der Waals surface area contributed by atoms with Crippen molar-refractivity contribution < 1.29 is 9.18 Å². The molecule has 0 spiro atoms. The van der Waals surface area contributed by atoms with E-state index in [1.165, 1.54) is 25.3 Å². The molecule has 1 saturated heterocycles. The molecule has 2 bridgehead atoms. The van der Waals surface area contributed by atoms with Crippen LogP contribution in [0.3, 0.4) is 0 Å². The first-order valence-corrected chi connectivity index (χ1v) is 8.89. The monoisotopic (exact) mass is 327 g/mol. The average molecular weight is 327 g/mol. The first-order chi connectivity index (χ1) is 11.6. The third-order valence-electron chi connectivity index (χ3n) is 6.04. The fourth-order valence-electron chi connectivity index (χ4n) is 4.75. The number of amides is 1. The van der Waals surface area contributed by atoms with Crippen molar-refractivity contribution >= 4 is 11.6 Å². The van der Waals surface area contributed by atoms with Crippen LogP contribution in [0.4, 0.5) is 10.1 Å². The SMILES string of the molecule is N#Cc1ccc(N2CCC(C(=O)N[C@@H]3C[C@@H]4CC[C@H]3C4)C2)c(F)c1. The normalized spacial score (nSPS) is 31.2. The van der Waals surface area contributed by atoms with Crippen LogP contribution in [-0.2, 0) is 4.79 Å². The van der Waals surface area contributed by atoms with Gasteiger partial charge >= 0.3 is 0 Å². The summed E-state index contributed by atoms with van der Waals surface area (Å²) in [6.07, 6.45) is 5.75. The molecule has 4 rings (SSSR count). The first kappa shape index (κ1) is 15.4. The molecule has 3 aliphatic rings. The largest absolute Gasteiger partial charge is 0.368 e. The molecule has 1 heterocycles. The van der Waals surface area contributed by atoms with Gasteiger partial charge in [0.15, 0.2) is 0 Å². The Balaban J connectivity index is 1.38. The Morgan fingerprint density at radius 3 is 2.83 bits per heavy atom. The van der Waals surface area contributed by atoms with Crippen LogP contribution in [0.15, 0.2) is 18.2 Å². The van der Waals surface area contributed by atoms with Gasteiger partial charge in [0.1, 0.15) is 5.82 Å². The lowest BCUT2D eigenvalue weighted by Crippen LogP contribution is -2.42. The van der Waals surface area contributed by atoms with Crippen molar-refractivity contribution in [1.82, 2.24) is 5.32 Å². The van der Waals surface area contributed by atoms with Crippen molar-refractivity contribution in [3.05, 3.63) is 29.6 Å². The molecule has 0 radical (unpaired) electrons. The third-order valence-corrected chi connectivity index (χ3v) is 6.04. The Morgan fingerprint density at radius 1 is 1.29 bits per heavy atom. The standard InChI is InChI=1S/C19H22FN3O/c20-16-8-13(10-21)2-4-18(16)23-6-5-15(11-23)19(24)22-17-9-12-1-3-14(17)7-12/h2,4,8,12,14-15,17H,1,3,5-7,9,11H2,(H,22,24)/t12-,14+,15?,17-/m1/s1. The van der Waals surface area contributed by atoms with E-state index in [0.717, 1.165) is 18.8 Å². The summed E-state index contributed by atoms with van der Waals surface area (Å²) >= 11 is 0. The van der Waals surface area contributed by atoms with Crippen molar-refractivity contribution in [2.75, 3.05) is 18.0 Å². The van der Waals surface area contributed by atoms with Crippen LogP contribution in [0.1, 0.15) is 37.7 Å². The fourth-order valence-corrected chi connectivity index (χ4v) is 4.75. The quantitative estimate of drug-likeness (QED) is 0.929. The maximum Gasteiger partial charge on any atom is 0.225 e. The highest BCUT2D eigenvalue weighted by Gasteiger charge is 2.41. The maximum absolute atomic E-state index is 14.2. The van der Waals surface area contributed by atoms with E-state index in [-0.39, 0.29) is 17.6 Å². The molecule has 1 aliphatic heterocycles. The van der Waals surface area contributed by atoms with Gasteiger partial charge in [0, 0.05) is 19.1 Å². The fraction of sp³-hybridized carbons (Fsp3) is 0.579. The summed E-state index contributed by atoms with van der Waals surface area (Å²) in [5.41, 5.74) is 0.810. The van der Waals surface area contributed by atoms with Gasteiger partial charge in [-0.05, 0) is 55.7 Å². The number of carbonyl (C=O) groups excluding carboxylic acids is 1. The van der Waals surface area contributed by atoms with Gasteiger partial charge in [-0.25, -0.2) is 4.39 Å². The summed E-state index contributed by atoms with van der Waals surface area (Å²) < 4.78 is 14.2. The molecule has 24 heavy (non-hydrogen) atoms. The van der Waals surface area contributed by atoms with Crippen LogP contribution in [0.2, 0.25) is 0 Å². The van der Waals surface area contributed by atoms with E-state index in [1.54, 1.807) is 12.1 Å². The average Bonchev–Trinajstić information content (AvgIpc) is 3.31. The van der Waals surface area contributed by atoms with Gasteiger partial charge in [-0.1, -0.05) is 6.42 Å². The highest BCUT2D eigenvalue weighted by atomic mass is 19.1. The van der Waals surface area contributed by atoms with E-state index in [1.807, 2.05) is 11.0 Å². The zero-order valence-corrected chi connectivity index (χ0v) is 13.7. The molecule has 1 unspecified atom stereocenters. The molecular formula is C19H22FN3O. The molecule has 3 fully saturated rings. The lowest BCUT2D eigenvalue weighted by Gasteiger charge is -2.25. The maximum atomic E-state index is 14.2. The van der Waals surface area contributed by atoms with Crippen molar-refractivity contribution in [3.8, 4) is 6.07 Å². The van der Waals surface area contributed by atoms with Crippen LogP contribution in [-0.4, -0.2) is 25.0 Å². The molecule has 1 N–H and O–H groups in total. The number of hydrogen-bond donors (Lipinski definition) is 1. The number of halogens is 1. The minimum absolute atomic E-state index is 0.0702. The first-order valence-electron chi connectivity index (χ1n) is 8.89. The van der Waals surface area contributed by atoms with Crippen LogP contribution in [0.5, 0.6) is 0 Å². The molecule has 0 aromatic heterocycles. The second kappa shape index (κ2) is 6.08. The van der Waals surface area contributed by atoms with Crippen molar-refractivity contribution in [2.24, 2.45) is 17.8 Å². The minimum Gasteiger partial charge on any atom is -0.368 e.